The number of rotatable bonds is 4. The van der Waals surface area contributed by atoms with Gasteiger partial charge in [-0.2, -0.15) is 0 Å². The van der Waals surface area contributed by atoms with Crippen LogP contribution in [0, 0.1) is 6.92 Å². The summed E-state index contributed by atoms with van der Waals surface area (Å²) in [7, 11) is 0. The van der Waals surface area contributed by atoms with Crippen molar-refractivity contribution in [2.24, 2.45) is 0 Å². The Kier molecular flexibility index (Phi) is 5.15. The lowest BCUT2D eigenvalue weighted by Gasteiger charge is -2.34. The Morgan fingerprint density at radius 2 is 1.96 bits per heavy atom. The third-order valence-electron chi connectivity index (χ3n) is 4.75. The number of carbonyl (C=O) groups is 1. The Balaban J connectivity index is 1.86. The summed E-state index contributed by atoms with van der Waals surface area (Å²) in [6, 6.07) is 5.35. The lowest BCUT2D eigenvalue weighted by atomic mass is 10.1. The Morgan fingerprint density at radius 3 is 2.60 bits per heavy atom. The molecule has 0 spiro atoms. The standard InChI is InChI=1S/C18H24N4O3/c1-3-22-16-5-4-14(12-15(16)19-13(2)17(22)24)18(25)21-8-6-20(7-9-21)10-11-23/h4-5,12,23H,3,6-11H2,1-2H3. The number of nitrogens with zero attached hydrogens (tertiary/aromatic N) is 4. The maximum absolute atomic E-state index is 12.8. The number of amides is 1. The quantitative estimate of drug-likeness (QED) is 0.873. The zero-order valence-corrected chi connectivity index (χ0v) is 14.7. The summed E-state index contributed by atoms with van der Waals surface area (Å²) in [6.07, 6.45) is 0. The number of benzene rings is 1. The first-order valence-corrected chi connectivity index (χ1v) is 8.69. The number of aliphatic hydroxyl groups is 1. The fourth-order valence-electron chi connectivity index (χ4n) is 3.32. The maximum atomic E-state index is 12.8. The van der Waals surface area contributed by atoms with E-state index in [4.69, 9.17) is 5.11 Å². The third kappa shape index (κ3) is 3.43. The zero-order chi connectivity index (χ0) is 18.0. The van der Waals surface area contributed by atoms with E-state index in [1.807, 2.05) is 17.9 Å². The summed E-state index contributed by atoms with van der Waals surface area (Å²) in [6.45, 7) is 7.82. The maximum Gasteiger partial charge on any atom is 0.272 e. The second-order valence-electron chi connectivity index (χ2n) is 6.31. The van der Waals surface area contributed by atoms with Crippen molar-refractivity contribution in [2.45, 2.75) is 20.4 Å². The van der Waals surface area contributed by atoms with E-state index in [1.54, 1.807) is 23.6 Å². The molecule has 0 radical (unpaired) electrons. The van der Waals surface area contributed by atoms with Crippen LogP contribution < -0.4 is 5.56 Å². The van der Waals surface area contributed by atoms with Crippen LogP contribution >= 0.6 is 0 Å². The molecular weight excluding hydrogens is 320 g/mol. The Hall–Kier alpha value is -2.25. The second kappa shape index (κ2) is 7.33. The van der Waals surface area contributed by atoms with Gasteiger partial charge in [-0.25, -0.2) is 4.98 Å². The molecule has 0 saturated carbocycles. The lowest BCUT2D eigenvalue weighted by molar-refractivity contribution is 0.0615. The first kappa shape index (κ1) is 17.6. The number of aryl methyl sites for hydroxylation is 2. The molecule has 25 heavy (non-hydrogen) atoms. The molecule has 1 saturated heterocycles. The summed E-state index contributed by atoms with van der Waals surface area (Å²) in [5, 5.41) is 9.00. The van der Waals surface area contributed by atoms with Gasteiger partial charge in [-0.05, 0) is 32.0 Å². The number of aliphatic hydroxyl groups excluding tert-OH is 1. The number of β-amino-alcohol motifs (C(OH)–C–C–N with tert-alkyl or cyclic N) is 1. The molecule has 7 heteroatoms. The zero-order valence-electron chi connectivity index (χ0n) is 14.7. The highest BCUT2D eigenvalue weighted by molar-refractivity contribution is 5.97. The number of aromatic nitrogens is 2. The third-order valence-corrected chi connectivity index (χ3v) is 4.75. The molecule has 1 fully saturated rings. The van der Waals surface area contributed by atoms with E-state index in [9.17, 15) is 9.59 Å². The van der Waals surface area contributed by atoms with E-state index in [2.05, 4.69) is 9.88 Å². The summed E-state index contributed by atoms with van der Waals surface area (Å²) in [4.78, 5) is 33.3. The van der Waals surface area contributed by atoms with Crippen LogP contribution in [0.2, 0.25) is 0 Å². The molecule has 1 aromatic carbocycles. The number of carbonyl (C=O) groups excluding carboxylic acids is 1. The van der Waals surface area contributed by atoms with Crippen LogP contribution in [-0.4, -0.2) is 69.7 Å². The molecule has 1 N–H and O–H groups in total. The van der Waals surface area contributed by atoms with Crippen molar-refractivity contribution in [3.05, 3.63) is 39.8 Å². The fourth-order valence-corrected chi connectivity index (χ4v) is 3.32. The Bertz CT molecular complexity index is 838. The highest BCUT2D eigenvalue weighted by Gasteiger charge is 2.22. The van der Waals surface area contributed by atoms with Crippen LogP contribution in [0.5, 0.6) is 0 Å². The predicted molar refractivity (Wildman–Crippen MR) is 95.8 cm³/mol. The van der Waals surface area contributed by atoms with Crippen LogP contribution in [0.25, 0.3) is 11.0 Å². The average molecular weight is 344 g/mol. The molecule has 2 aromatic rings. The van der Waals surface area contributed by atoms with E-state index < -0.39 is 0 Å². The SMILES string of the molecule is CCn1c(=O)c(C)nc2cc(C(=O)N3CCN(CCO)CC3)ccc21. The number of piperazine rings is 1. The van der Waals surface area contributed by atoms with E-state index in [1.165, 1.54) is 0 Å². The molecule has 0 aliphatic carbocycles. The number of hydrogen-bond donors (Lipinski definition) is 1. The molecule has 7 nitrogen and oxygen atoms in total. The average Bonchev–Trinajstić information content (AvgIpc) is 2.63. The highest BCUT2D eigenvalue weighted by Crippen LogP contribution is 2.16. The normalized spacial score (nSPS) is 15.7. The van der Waals surface area contributed by atoms with E-state index in [0.29, 0.717) is 43.0 Å². The van der Waals surface area contributed by atoms with Crippen molar-refractivity contribution >= 4 is 16.9 Å². The van der Waals surface area contributed by atoms with Crippen LogP contribution in [0.1, 0.15) is 23.0 Å². The lowest BCUT2D eigenvalue weighted by Crippen LogP contribution is -2.49. The van der Waals surface area contributed by atoms with E-state index in [-0.39, 0.29) is 18.1 Å². The van der Waals surface area contributed by atoms with Gasteiger partial charge in [0.1, 0.15) is 5.69 Å². The minimum absolute atomic E-state index is 0.0146. The van der Waals surface area contributed by atoms with Gasteiger partial charge in [0.2, 0.25) is 0 Å². The van der Waals surface area contributed by atoms with Crippen LogP contribution in [0.3, 0.4) is 0 Å². The molecule has 134 valence electrons. The van der Waals surface area contributed by atoms with Gasteiger partial charge in [0.05, 0.1) is 17.6 Å². The largest absolute Gasteiger partial charge is 0.395 e. The van der Waals surface area contributed by atoms with Gasteiger partial charge < -0.3 is 14.6 Å². The molecule has 2 heterocycles. The molecule has 1 aliphatic heterocycles. The van der Waals surface area contributed by atoms with Crippen LogP contribution in [0.4, 0.5) is 0 Å². The summed E-state index contributed by atoms with van der Waals surface area (Å²) in [5.41, 5.74) is 2.37. The van der Waals surface area contributed by atoms with Crippen molar-refractivity contribution in [3.8, 4) is 0 Å². The van der Waals surface area contributed by atoms with E-state index >= 15 is 0 Å². The topological polar surface area (TPSA) is 78.7 Å². The molecule has 1 aliphatic rings. The van der Waals surface area contributed by atoms with Crippen LogP contribution in [-0.2, 0) is 6.54 Å². The fraction of sp³-hybridized carbons (Fsp3) is 0.500. The molecule has 0 bridgehead atoms. The van der Waals surface area contributed by atoms with Gasteiger partial charge in [-0.1, -0.05) is 0 Å². The van der Waals surface area contributed by atoms with Crippen LogP contribution in [0.15, 0.2) is 23.0 Å². The Morgan fingerprint density at radius 1 is 1.24 bits per heavy atom. The molecule has 0 atom stereocenters. The van der Waals surface area contributed by atoms with Gasteiger partial charge in [-0.15, -0.1) is 0 Å². The molecule has 1 aromatic heterocycles. The van der Waals surface area contributed by atoms with Gasteiger partial charge >= 0.3 is 0 Å². The van der Waals surface area contributed by atoms with Gasteiger partial charge in [0.15, 0.2) is 0 Å². The first-order chi connectivity index (χ1) is 12.0. The number of fused-ring (bicyclic) bond motifs is 1. The highest BCUT2D eigenvalue weighted by atomic mass is 16.3. The minimum Gasteiger partial charge on any atom is -0.395 e. The second-order valence-corrected chi connectivity index (χ2v) is 6.31. The van der Waals surface area contributed by atoms with Crippen molar-refractivity contribution in [3.63, 3.8) is 0 Å². The molecule has 1 amide bonds. The van der Waals surface area contributed by atoms with Crippen molar-refractivity contribution in [2.75, 3.05) is 39.3 Å². The van der Waals surface area contributed by atoms with Gasteiger partial charge in [0.25, 0.3) is 11.5 Å². The summed E-state index contributed by atoms with van der Waals surface area (Å²) in [5.74, 6) is -0.0146. The molecule has 0 unspecified atom stereocenters. The molecule has 3 rings (SSSR count). The first-order valence-electron chi connectivity index (χ1n) is 8.69. The summed E-state index contributed by atoms with van der Waals surface area (Å²) >= 11 is 0. The monoisotopic (exact) mass is 344 g/mol. The minimum atomic E-state index is -0.0888. The van der Waals surface area contributed by atoms with Crippen molar-refractivity contribution in [1.29, 1.82) is 0 Å². The Labute approximate surface area is 146 Å². The summed E-state index contributed by atoms with van der Waals surface area (Å²) < 4.78 is 1.68. The van der Waals surface area contributed by atoms with Crippen molar-refractivity contribution < 1.29 is 9.90 Å². The van der Waals surface area contributed by atoms with E-state index in [0.717, 1.165) is 18.6 Å². The van der Waals surface area contributed by atoms with Gasteiger partial charge in [-0.3, -0.25) is 14.5 Å². The number of hydrogen-bond acceptors (Lipinski definition) is 5. The smallest absolute Gasteiger partial charge is 0.272 e. The van der Waals surface area contributed by atoms with Gasteiger partial charge in [0, 0.05) is 44.8 Å². The predicted octanol–water partition coefficient (Wildman–Crippen LogP) is 0.475. The van der Waals surface area contributed by atoms with Crippen molar-refractivity contribution in [1.82, 2.24) is 19.4 Å². The molecular formula is C18H24N4O3.